The Bertz CT molecular complexity index is 335. The summed E-state index contributed by atoms with van der Waals surface area (Å²) < 4.78 is 10.1. The molecule has 0 spiro atoms. The van der Waals surface area contributed by atoms with Gasteiger partial charge in [-0.2, -0.15) is 0 Å². The summed E-state index contributed by atoms with van der Waals surface area (Å²) >= 11 is 0. The molecule has 1 saturated heterocycles. The van der Waals surface area contributed by atoms with E-state index in [0.717, 1.165) is 19.3 Å². The third-order valence-corrected chi connectivity index (χ3v) is 4.47. The summed E-state index contributed by atoms with van der Waals surface area (Å²) in [6.07, 6.45) is 6.84. The van der Waals surface area contributed by atoms with Crippen LogP contribution in [0.25, 0.3) is 0 Å². The molecule has 1 heterocycles. The molecule has 0 saturated carbocycles. The maximum absolute atomic E-state index is 11.6. The Morgan fingerprint density at radius 2 is 1.67 bits per heavy atom. The number of hydrogen-bond donors (Lipinski definition) is 3. The van der Waals surface area contributed by atoms with Gasteiger partial charge in [0.05, 0.1) is 6.61 Å². The highest BCUT2D eigenvalue weighted by Gasteiger charge is 2.39. The zero-order chi connectivity index (χ0) is 17.8. The molecule has 0 aromatic rings. The lowest BCUT2D eigenvalue weighted by molar-refractivity contribution is -0.151. The standard InChI is InChI=1S/C18H34O6/c1-2-3-4-5-6-7-8-9-10-11-16(21)23-13-15(20)18-17(22)14(19)12-24-18/h14-15,17-20,22H,2-13H2,1H3/t14?,15-,17+,18-/m1/s1. The molecule has 4 atom stereocenters. The third kappa shape index (κ3) is 8.42. The summed E-state index contributed by atoms with van der Waals surface area (Å²) in [5.41, 5.74) is 0. The second-order valence-corrected chi connectivity index (χ2v) is 6.68. The molecule has 0 aliphatic carbocycles. The number of ether oxygens (including phenoxy) is 2. The van der Waals surface area contributed by atoms with Crippen LogP contribution in [0.5, 0.6) is 0 Å². The van der Waals surface area contributed by atoms with Crippen LogP contribution >= 0.6 is 0 Å². The molecule has 1 aliphatic heterocycles. The molecule has 1 fully saturated rings. The van der Waals surface area contributed by atoms with Crippen molar-refractivity contribution < 1.29 is 29.6 Å². The SMILES string of the molecule is CCCCCCCCCCCC(=O)OC[C@@H](O)[C@H]1OCC(O)[C@@H]1O. The average molecular weight is 346 g/mol. The van der Waals surface area contributed by atoms with E-state index in [1.54, 1.807) is 0 Å². The molecule has 142 valence electrons. The Balaban J connectivity index is 1.96. The molecular weight excluding hydrogens is 312 g/mol. The summed E-state index contributed by atoms with van der Waals surface area (Å²) in [6.45, 7) is 1.98. The van der Waals surface area contributed by atoms with Gasteiger partial charge in [-0.05, 0) is 6.42 Å². The zero-order valence-electron chi connectivity index (χ0n) is 14.9. The van der Waals surface area contributed by atoms with Crippen LogP contribution in [0.15, 0.2) is 0 Å². The van der Waals surface area contributed by atoms with Gasteiger partial charge in [0.15, 0.2) is 0 Å². The molecular formula is C18H34O6. The summed E-state index contributed by atoms with van der Waals surface area (Å²) in [5, 5.41) is 28.8. The fourth-order valence-electron chi connectivity index (χ4n) is 2.89. The van der Waals surface area contributed by atoms with E-state index in [1.807, 2.05) is 0 Å². The third-order valence-electron chi connectivity index (χ3n) is 4.47. The summed E-state index contributed by atoms with van der Waals surface area (Å²) in [6, 6.07) is 0. The van der Waals surface area contributed by atoms with Gasteiger partial charge in [0.1, 0.15) is 31.0 Å². The minimum absolute atomic E-state index is 0.0186. The minimum atomic E-state index is -1.14. The monoisotopic (exact) mass is 346 g/mol. The highest BCUT2D eigenvalue weighted by molar-refractivity contribution is 5.69. The van der Waals surface area contributed by atoms with E-state index in [4.69, 9.17) is 9.47 Å². The molecule has 6 heteroatoms. The molecule has 6 nitrogen and oxygen atoms in total. The van der Waals surface area contributed by atoms with E-state index in [0.29, 0.717) is 6.42 Å². The van der Waals surface area contributed by atoms with Crippen molar-refractivity contribution in [2.24, 2.45) is 0 Å². The summed E-state index contributed by atoms with van der Waals surface area (Å²) in [5.74, 6) is -0.343. The first-order valence-electron chi connectivity index (χ1n) is 9.37. The second-order valence-electron chi connectivity index (χ2n) is 6.68. The Labute approximate surface area is 145 Å². The maximum atomic E-state index is 11.6. The quantitative estimate of drug-likeness (QED) is 0.348. The van der Waals surface area contributed by atoms with Crippen LogP contribution in [0.1, 0.15) is 71.1 Å². The number of rotatable bonds is 13. The lowest BCUT2D eigenvalue weighted by atomic mass is 10.1. The van der Waals surface area contributed by atoms with Crippen molar-refractivity contribution in [3.63, 3.8) is 0 Å². The predicted octanol–water partition coefficient (Wildman–Crippen LogP) is 1.93. The van der Waals surface area contributed by atoms with Crippen molar-refractivity contribution in [2.75, 3.05) is 13.2 Å². The molecule has 3 N–H and O–H groups in total. The number of unbranched alkanes of at least 4 members (excludes halogenated alkanes) is 8. The van der Waals surface area contributed by atoms with Gasteiger partial charge in [-0.15, -0.1) is 0 Å². The van der Waals surface area contributed by atoms with Crippen LogP contribution < -0.4 is 0 Å². The van der Waals surface area contributed by atoms with Crippen LogP contribution in [0, 0.1) is 0 Å². The molecule has 24 heavy (non-hydrogen) atoms. The fourth-order valence-corrected chi connectivity index (χ4v) is 2.89. The number of aliphatic hydroxyl groups is 3. The molecule has 0 aromatic carbocycles. The summed E-state index contributed by atoms with van der Waals surface area (Å²) in [4.78, 5) is 11.6. The molecule has 1 rings (SSSR count). The maximum Gasteiger partial charge on any atom is 0.305 e. The van der Waals surface area contributed by atoms with Gasteiger partial charge >= 0.3 is 5.97 Å². The Kier molecular flexibility index (Phi) is 11.2. The smallest absolute Gasteiger partial charge is 0.305 e. The average Bonchev–Trinajstić information content (AvgIpc) is 2.90. The highest BCUT2D eigenvalue weighted by atomic mass is 16.6. The van der Waals surface area contributed by atoms with Gasteiger partial charge in [0, 0.05) is 6.42 Å². The molecule has 1 unspecified atom stereocenters. The topological polar surface area (TPSA) is 96.2 Å². The van der Waals surface area contributed by atoms with Crippen LogP contribution in [0.4, 0.5) is 0 Å². The van der Waals surface area contributed by atoms with Gasteiger partial charge in [0.25, 0.3) is 0 Å². The first-order chi connectivity index (χ1) is 11.6. The lowest BCUT2D eigenvalue weighted by Crippen LogP contribution is -2.41. The highest BCUT2D eigenvalue weighted by Crippen LogP contribution is 2.18. The van der Waals surface area contributed by atoms with E-state index >= 15 is 0 Å². The van der Waals surface area contributed by atoms with Crippen LogP contribution in [0.2, 0.25) is 0 Å². The first-order valence-corrected chi connectivity index (χ1v) is 9.37. The van der Waals surface area contributed by atoms with E-state index in [9.17, 15) is 20.1 Å². The van der Waals surface area contributed by atoms with Crippen molar-refractivity contribution in [3.05, 3.63) is 0 Å². The Morgan fingerprint density at radius 1 is 1.08 bits per heavy atom. The van der Waals surface area contributed by atoms with Crippen LogP contribution in [-0.2, 0) is 14.3 Å². The number of esters is 1. The van der Waals surface area contributed by atoms with Crippen LogP contribution in [0.3, 0.4) is 0 Å². The van der Waals surface area contributed by atoms with E-state index in [-0.39, 0.29) is 19.2 Å². The van der Waals surface area contributed by atoms with Crippen molar-refractivity contribution in [1.82, 2.24) is 0 Å². The van der Waals surface area contributed by atoms with Crippen molar-refractivity contribution >= 4 is 5.97 Å². The fraction of sp³-hybridized carbons (Fsp3) is 0.944. The van der Waals surface area contributed by atoms with Gasteiger partial charge in [-0.3, -0.25) is 4.79 Å². The van der Waals surface area contributed by atoms with Gasteiger partial charge in [0.2, 0.25) is 0 Å². The Hall–Kier alpha value is -0.690. The number of carbonyl (C=O) groups excluding carboxylic acids is 1. The predicted molar refractivity (Wildman–Crippen MR) is 90.6 cm³/mol. The van der Waals surface area contributed by atoms with Gasteiger partial charge in [-0.25, -0.2) is 0 Å². The largest absolute Gasteiger partial charge is 0.463 e. The number of hydrogen-bond acceptors (Lipinski definition) is 6. The molecule has 0 amide bonds. The molecule has 0 aromatic heterocycles. The minimum Gasteiger partial charge on any atom is -0.463 e. The number of aliphatic hydroxyl groups excluding tert-OH is 3. The van der Waals surface area contributed by atoms with Crippen LogP contribution in [-0.4, -0.2) is 58.9 Å². The number of carbonyl (C=O) groups is 1. The van der Waals surface area contributed by atoms with Crippen molar-refractivity contribution in [2.45, 2.75) is 95.5 Å². The zero-order valence-corrected chi connectivity index (χ0v) is 14.9. The van der Waals surface area contributed by atoms with Gasteiger partial charge in [-0.1, -0.05) is 58.3 Å². The second kappa shape index (κ2) is 12.6. The lowest BCUT2D eigenvalue weighted by Gasteiger charge is -2.20. The van der Waals surface area contributed by atoms with Crippen molar-refractivity contribution in [1.29, 1.82) is 0 Å². The van der Waals surface area contributed by atoms with E-state index in [2.05, 4.69) is 6.92 Å². The van der Waals surface area contributed by atoms with Gasteiger partial charge < -0.3 is 24.8 Å². The van der Waals surface area contributed by atoms with Crippen molar-refractivity contribution in [3.8, 4) is 0 Å². The van der Waals surface area contributed by atoms with E-state index in [1.165, 1.54) is 38.5 Å². The van der Waals surface area contributed by atoms with E-state index < -0.39 is 24.4 Å². The summed E-state index contributed by atoms with van der Waals surface area (Å²) in [7, 11) is 0. The molecule has 0 bridgehead atoms. The molecule has 1 aliphatic rings. The first kappa shape index (κ1) is 21.4. The molecule has 0 radical (unpaired) electrons. The Morgan fingerprint density at radius 3 is 2.21 bits per heavy atom. The normalized spacial score (nSPS) is 24.9.